The SMILES string of the molecule is CN(C)[C@]1(C)Cc2ccccc2C(C)(C)C1. The highest BCUT2D eigenvalue weighted by Crippen LogP contribution is 2.42. The lowest BCUT2D eigenvalue weighted by atomic mass is 9.65. The van der Waals surface area contributed by atoms with Gasteiger partial charge in [-0.15, -0.1) is 0 Å². The molecule has 2 rings (SSSR count). The molecule has 0 N–H and O–H groups in total. The Morgan fingerprint density at radius 1 is 1.06 bits per heavy atom. The van der Waals surface area contributed by atoms with E-state index in [9.17, 15) is 0 Å². The van der Waals surface area contributed by atoms with Crippen molar-refractivity contribution >= 4 is 0 Å². The molecule has 0 aliphatic heterocycles. The first-order chi connectivity index (χ1) is 7.35. The first kappa shape index (κ1) is 11.7. The van der Waals surface area contributed by atoms with Crippen LogP contribution in [0.15, 0.2) is 24.3 Å². The highest BCUT2D eigenvalue weighted by Gasteiger charge is 2.40. The fourth-order valence-electron chi connectivity index (χ4n) is 3.17. The van der Waals surface area contributed by atoms with E-state index in [-0.39, 0.29) is 11.0 Å². The number of rotatable bonds is 1. The monoisotopic (exact) mass is 217 g/mol. The molecule has 0 amide bonds. The first-order valence-electron chi connectivity index (χ1n) is 6.11. The first-order valence-corrected chi connectivity index (χ1v) is 6.11. The molecular formula is C15H23N. The highest BCUT2D eigenvalue weighted by atomic mass is 15.1. The summed E-state index contributed by atoms with van der Waals surface area (Å²) in [6.07, 6.45) is 2.39. The van der Waals surface area contributed by atoms with E-state index in [1.807, 2.05) is 0 Å². The Morgan fingerprint density at radius 3 is 2.31 bits per heavy atom. The van der Waals surface area contributed by atoms with Crippen LogP contribution in [0.1, 0.15) is 38.3 Å². The van der Waals surface area contributed by atoms with E-state index in [1.165, 1.54) is 24.0 Å². The quantitative estimate of drug-likeness (QED) is 0.698. The normalized spacial score (nSPS) is 27.9. The van der Waals surface area contributed by atoms with E-state index in [0.29, 0.717) is 0 Å². The molecule has 1 heteroatoms. The summed E-state index contributed by atoms with van der Waals surface area (Å²) in [5.74, 6) is 0. The molecule has 0 bridgehead atoms. The highest BCUT2D eigenvalue weighted by molar-refractivity contribution is 5.38. The van der Waals surface area contributed by atoms with E-state index in [0.717, 1.165) is 0 Å². The van der Waals surface area contributed by atoms with Crippen molar-refractivity contribution in [3.8, 4) is 0 Å². The van der Waals surface area contributed by atoms with E-state index in [2.05, 4.69) is 64.0 Å². The predicted molar refractivity (Wildman–Crippen MR) is 69.9 cm³/mol. The predicted octanol–water partition coefficient (Wildman–Crippen LogP) is 3.23. The minimum absolute atomic E-state index is 0.286. The van der Waals surface area contributed by atoms with Gasteiger partial charge in [0.25, 0.3) is 0 Å². The average Bonchev–Trinajstić information content (AvgIpc) is 2.16. The zero-order valence-corrected chi connectivity index (χ0v) is 11.2. The summed E-state index contributed by atoms with van der Waals surface area (Å²) in [6.45, 7) is 7.12. The molecule has 0 saturated carbocycles. The van der Waals surface area contributed by atoms with Crippen LogP contribution < -0.4 is 0 Å². The number of hydrogen-bond acceptors (Lipinski definition) is 1. The standard InChI is InChI=1S/C15H23N/c1-14(2)11-15(3,16(4)5)10-12-8-6-7-9-13(12)14/h6-9H,10-11H2,1-5H3/t15-/m1/s1. The average molecular weight is 217 g/mol. The summed E-state index contributed by atoms with van der Waals surface area (Å²) in [4.78, 5) is 2.38. The van der Waals surface area contributed by atoms with Gasteiger partial charge in [-0.2, -0.15) is 0 Å². The van der Waals surface area contributed by atoms with Crippen molar-refractivity contribution in [2.75, 3.05) is 14.1 Å². The van der Waals surface area contributed by atoms with Crippen molar-refractivity contribution < 1.29 is 0 Å². The van der Waals surface area contributed by atoms with Crippen LogP contribution in [-0.2, 0) is 11.8 Å². The summed E-state index contributed by atoms with van der Waals surface area (Å²) >= 11 is 0. The number of likely N-dealkylation sites (N-methyl/N-ethyl adjacent to an activating group) is 1. The van der Waals surface area contributed by atoms with Crippen LogP contribution in [0, 0.1) is 0 Å². The van der Waals surface area contributed by atoms with Gasteiger partial charge in [0.05, 0.1) is 0 Å². The number of benzene rings is 1. The lowest BCUT2D eigenvalue weighted by molar-refractivity contribution is 0.118. The Kier molecular flexibility index (Phi) is 2.62. The van der Waals surface area contributed by atoms with Crippen molar-refractivity contribution in [2.24, 2.45) is 0 Å². The fourth-order valence-corrected chi connectivity index (χ4v) is 3.17. The molecule has 0 fully saturated rings. The molecule has 0 unspecified atom stereocenters. The third kappa shape index (κ3) is 1.78. The minimum atomic E-state index is 0.286. The second-order valence-corrected chi connectivity index (χ2v) is 6.29. The summed E-state index contributed by atoms with van der Waals surface area (Å²) in [5.41, 5.74) is 3.63. The van der Waals surface area contributed by atoms with Crippen molar-refractivity contribution in [2.45, 2.75) is 44.6 Å². The van der Waals surface area contributed by atoms with E-state index in [4.69, 9.17) is 0 Å². The van der Waals surface area contributed by atoms with Crippen LogP contribution in [0.3, 0.4) is 0 Å². The van der Waals surface area contributed by atoms with E-state index in [1.54, 1.807) is 0 Å². The van der Waals surface area contributed by atoms with Crippen LogP contribution in [0.5, 0.6) is 0 Å². The Morgan fingerprint density at radius 2 is 1.69 bits per heavy atom. The molecule has 0 heterocycles. The Bertz CT molecular complexity index is 392. The van der Waals surface area contributed by atoms with Crippen LogP contribution in [0.25, 0.3) is 0 Å². The molecule has 1 aromatic rings. The van der Waals surface area contributed by atoms with Crippen molar-refractivity contribution in [3.63, 3.8) is 0 Å². The van der Waals surface area contributed by atoms with Gasteiger partial charge >= 0.3 is 0 Å². The summed E-state index contributed by atoms with van der Waals surface area (Å²) in [5, 5.41) is 0. The smallest absolute Gasteiger partial charge is 0.0224 e. The molecule has 16 heavy (non-hydrogen) atoms. The number of fused-ring (bicyclic) bond motifs is 1. The van der Waals surface area contributed by atoms with Gasteiger partial charge in [0.2, 0.25) is 0 Å². The van der Waals surface area contributed by atoms with Crippen molar-refractivity contribution in [1.29, 1.82) is 0 Å². The Labute approximate surface area is 99.5 Å². The lowest BCUT2D eigenvalue weighted by Crippen LogP contribution is -2.50. The molecular weight excluding hydrogens is 194 g/mol. The molecule has 1 atom stereocenters. The third-order valence-corrected chi connectivity index (χ3v) is 4.22. The molecule has 1 aliphatic rings. The van der Waals surface area contributed by atoms with Crippen LogP contribution in [0.4, 0.5) is 0 Å². The van der Waals surface area contributed by atoms with Gasteiger partial charge in [0.15, 0.2) is 0 Å². The number of hydrogen-bond donors (Lipinski definition) is 0. The van der Waals surface area contributed by atoms with Gasteiger partial charge in [-0.05, 0) is 50.4 Å². The zero-order chi connectivity index (χ0) is 12.0. The molecule has 1 nitrogen and oxygen atoms in total. The number of nitrogens with zero attached hydrogens (tertiary/aromatic N) is 1. The van der Waals surface area contributed by atoms with Gasteiger partial charge < -0.3 is 4.90 Å². The van der Waals surface area contributed by atoms with Gasteiger partial charge in [-0.1, -0.05) is 38.1 Å². The van der Waals surface area contributed by atoms with Gasteiger partial charge in [0.1, 0.15) is 0 Å². The Hall–Kier alpha value is -0.820. The topological polar surface area (TPSA) is 3.24 Å². The zero-order valence-electron chi connectivity index (χ0n) is 11.2. The fraction of sp³-hybridized carbons (Fsp3) is 0.600. The largest absolute Gasteiger partial charge is 0.304 e. The van der Waals surface area contributed by atoms with E-state index < -0.39 is 0 Å². The van der Waals surface area contributed by atoms with Gasteiger partial charge in [0, 0.05) is 5.54 Å². The van der Waals surface area contributed by atoms with E-state index >= 15 is 0 Å². The maximum atomic E-state index is 2.38. The lowest BCUT2D eigenvalue weighted by Gasteiger charge is -2.47. The maximum Gasteiger partial charge on any atom is 0.0224 e. The molecule has 0 spiro atoms. The molecule has 1 aromatic carbocycles. The molecule has 0 radical (unpaired) electrons. The second-order valence-electron chi connectivity index (χ2n) is 6.29. The van der Waals surface area contributed by atoms with Crippen LogP contribution in [-0.4, -0.2) is 24.5 Å². The van der Waals surface area contributed by atoms with Gasteiger partial charge in [-0.25, -0.2) is 0 Å². The molecule has 1 aliphatic carbocycles. The molecule has 0 aromatic heterocycles. The Balaban J connectivity index is 2.48. The summed E-state index contributed by atoms with van der Waals surface area (Å²) in [7, 11) is 4.40. The third-order valence-electron chi connectivity index (χ3n) is 4.22. The van der Waals surface area contributed by atoms with Crippen molar-refractivity contribution in [1.82, 2.24) is 4.90 Å². The summed E-state index contributed by atoms with van der Waals surface area (Å²) in [6, 6.07) is 8.91. The second kappa shape index (κ2) is 3.59. The maximum absolute atomic E-state index is 2.38. The van der Waals surface area contributed by atoms with Crippen LogP contribution >= 0.6 is 0 Å². The molecule has 88 valence electrons. The van der Waals surface area contributed by atoms with Crippen molar-refractivity contribution in [3.05, 3.63) is 35.4 Å². The minimum Gasteiger partial charge on any atom is -0.304 e. The molecule has 0 saturated heterocycles. The summed E-state index contributed by atoms with van der Waals surface area (Å²) < 4.78 is 0. The van der Waals surface area contributed by atoms with Gasteiger partial charge in [-0.3, -0.25) is 0 Å². The van der Waals surface area contributed by atoms with Crippen LogP contribution in [0.2, 0.25) is 0 Å².